The fourth-order valence-corrected chi connectivity index (χ4v) is 4.23. The summed E-state index contributed by atoms with van der Waals surface area (Å²) in [6.07, 6.45) is -1.19. The van der Waals surface area contributed by atoms with E-state index in [-0.39, 0.29) is 11.4 Å². The third-order valence-electron chi connectivity index (χ3n) is 3.54. The molecule has 1 atom stereocenters. The second-order valence-corrected chi connectivity index (χ2v) is 8.19. The van der Waals surface area contributed by atoms with E-state index >= 15 is 0 Å². The van der Waals surface area contributed by atoms with Gasteiger partial charge in [-0.05, 0) is 45.1 Å². The fourth-order valence-electron chi connectivity index (χ4n) is 2.32. The third kappa shape index (κ3) is 3.69. The number of nitrogens with one attached hydrogen (secondary N) is 2. The Kier molecular flexibility index (Phi) is 5.09. The first kappa shape index (κ1) is 17.9. The summed E-state index contributed by atoms with van der Waals surface area (Å²) >= 11 is 2.77. The molecular formula is C16H19N3O4S2. The molecule has 0 aliphatic heterocycles. The van der Waals surface area contributed by atoms with E-state index < -0.39 is 11.9 Å². The molecule has 0 saturated heterocycles. The molecule has 2 heterocycles. The second kappa shape index (κ2) is 7.12. The van der Waals surface area contributed by atoms with Crippen LogP contribution in [-0.2, 0) is 11.3 Å². The Morgan fingerprint density at radius 2 is 2.16 bits per heavy atom. The lowest BCUT2D eigenvalue weighted by molar-refractivity contribution is -0.124. The number of carbonyl (C=O) groups is 1. The summed E-state index contributed by atoms with van der Waals surface area (Å²) in [6, 6.07) is 3.68. The molecule has 0 spiro atoms. The summed E-state index contributed by atoms with van der Waals surface area (Å²) in [4.78, 5) is 12.0. The van der Waals surface area contributed by atoms with E-state index in [9.17, 15) is 15.0 Å². The zero-order valence-corrected chi connectivity index (χ0v) is 15.6. The number of thiophene rings is 1. The van der Waals surface area contributed by atoms with E-state index in [1.807, 2.05) is 37.5 Å². The van der Waals surface area contributed by atoms with Gasteiger partial charge in [0.25, 0.3) is 0 Å². The number of aliphatic hydroxyl groups excluding tert-OH is 1. The van der Waals surface area contributed by atoms with Crippen LogP contribution in [0.25, 0.3) is 0 Å². The first-order chi connectivity index (χ1) is 11.9. The number of hydrogen-bond acceptors (Lipinski definition) is 9. The number of aromatic hydroxyl groups is 1. The van der Waals surface area contributed by atoms with Gasteiger partial charge in [0, 0.05) is 5.38 Å². The SMILES string of the molecule is Cc1ccc(CNC2=C(Nc3csc(SN(C)C)c3O)C(=O)C2O)o1. The summed E-state index contributed by atoms with van der Waals surface area (Å²) in [7, 11) is 3.76. The number of hydrogen-bond donors (Lipinski definition) is 4. The predicted molar refractivity (Wildman–Crippen MR) is 97.5 cm³/mol. The summed E-state index contributed by atoms with van der Waals surface area (Å²) in [5.41, 5.74) is 1.09. The predicted octanol–water partition coefficient (Wildman–Crippen LogP) is 2.28. The Hall–Kier alpha value is -1.94. The van der Waals surface area contributed by atoms with E-state index in [1.165, 1.54) is 23.3 Å². The van der Waals surface area contributed by atoms with E-state index in [0.29, 0.717) is 23.7 Å². The van der Waals surface area contributed by atoms with Gasteiger partial charge in [-0.15, -0.1) is 11.3 Å². The maximum absolute atomic E-state index is 12.0. The molecule has 0 radical (unpaired) electrons. The van der Waals surface area contributed by atoms with Gasteiger partial charge in [0.2, 0.25) is 5.78 Å². The summed E-state index contributed by atoms with van der Waals surface area (Å²) in [5.74, 6) is 1.18. The minimum atomic E-state index is -1.19. The Bertz CT molecular complexity index is 825. The molecule has 0 aromatic carbocycles. The number of aliphatic hydroxyl groups is 1. The normalized spacial score (nSPS) is 17.2. The number of nitrogens with zero attached hydrogens (tertiary/aromatic N) is 1. The molecule has 7 nitrogen and oxygen atoms in total. The quantitative estimate of drug-likeness (QED) is 0.543. The standard InChI is InChI=1S/C16H19N3O4S2/c1-8-4-5-9(23-8)6-17-11-12(15(22)14(11)21)18-10-7-24-16(13(10)20)25-19(2)3/h4-5,7,14,17-18,20-21H,6H2,1-3H3. The van der Waals surface area contributed by atoms with E-state index in [2.05, 4.69) is 10.6 Å². The van der Waals surface area contributed by atoms with Crippen LogP contribution in [0.1, 0.15) is 11.5 Å². The molecule has 3 rings (SSSR count). The molecule has 0 amide bonds. The minimum Gasteiger partial charge on any atom is -0.504 e. The van der Waals surface area contributed by atoms with Gasteiger partial charge in [0.05, 0.1) is 17.9 Å². The average molecular weight is 381 g/mol. The van der Waals surface area contributed by atoms with Crippen molar-refractivity contribution in [2.45, 2.75) is 23.8 Å². The topological polar surface area (TPSA) is 98.0 Å². The Labute approximate surface area is 153 Å². The lowest BCUT2D eigenvalue weighted by Gasteiger charge is -2.29. The van der Waals surface area contributed by atoms with Crippen molar-refractivity contribution in [3.8, 4) is 5.75 Å². The van der Waals surface area contributed by atoms with Gasteiger partial charge in [-0.3, -0.25) is 9.10 Å². The van der Waals surface area contributed by atoms with Gasteiger partial charge in [0.1, 0.15) is 21.4 Å². The van der Waals surface area contributed by atoms with Crippen molar-refractivity contribution in [3.05, 3.63) is 40.4 Å². The van der Waals surface area contributed by atoms with Gasteiger partial charge in [-0.2, -0.15) is 0 Å². The molecule has 9 heteroatoms. The number of aryl methyl sites for hydroxylation is 1. The molecule has 2 aromatic heterocycles. The second-order valence-electron chi connectivity index (χ2n) is 5.74. The highest BCUT2D eigenvalue weighted by atomic mass is 32.2. The summed E-state index contributed by atoms with van der Waals surface area (Å²) < 4.78 is 8.05. The van der Waals surface area contributed by atoms with Crippen LogP contribution in [-0.4, -0.2) is 40.5 Å². The summed E-state index contributed by atoms with van der Waals surface area (Å²) in [5, 5.41) is 27.8. The highest BCUT2D eigenvalue weighted by Gasteiger charge is 2.38. The van der Waals surface area contributed by atoms with Crippen LogP contribution in [0.2, 0.25) is 0 Å². The van der Waals surface area contributed by atoms with Crippen molar-refractivity contribution in [2.75, 3.05) is 19.4 Å². The average Bonchev–Trinajstić information content (AvgIpc) is 3.13. The molecule has 1 aliphatic rings. The van der Waals surface area contributed by atoms with Crippen molar-refractivity contribution >= 4 is 34.8 Å². The van der Waals surface area contributed by atoms with Crippen molar-refractivity contribution in [1.29, 1.82) is 0 Å². The number of furan rings is 1. The monoisotopic (exact) mass is 381 g/mol. The van der Waals surface area contributed by atoms with Crippen LogP contribution in [0, 0.1) is 6.92 Å². The van der Waals surface area contributed by atoms with Gasteiger partial charge in [0.15, 0.2) is 11.9 Å². The van der Waals surface area contributed by atoms with E-state index in [0.717, 1.165) is 9.97 Å². The van der Waals surface area contributed by atoms with Gasteiger partial charge in [-0.1, -0.05) is 0 Å². The van der Waals surface area contributed by atoms with Gasteiger partial charge in [-0.25, -0.2) is 0 Å². The third-order valence-corrected chi connectivity index (χ3v) is 5.54. The lowest BCUT2D eigenvalue weighted by atomic mass is 9.94. The number of carbonyl (C=O) groups excluding carboxylic acids is 1. The van der Waals surface area contributed by atoms with Gasteiger partial charge < -0.3 is 25.3 Å². The number of ketones is 1. The smallest absolute Gasteiger partial charge is 0.215 e. The first-order valence-electron chi connectivity index (χ1n) is 7.55. The first-order valence-corrected chi connectivity index (χ1v) is 9.20. The molecule has 1 aliphatic carbocycles. The van der Waals surface area contributed by atoms with E-state index in [1.54, 1.807) is 5.38 Å². The van der Waals surface area contributed by atoms with Crippen molar-refractivity contribution < 1.29 is 19.4 Å². The van der Waals surface area contributed by atoms with Crippen LogP contribution in [0.5, 0.6) is 5.75 Å². The fraction of sp³-hybridized carbons (Fsp3) is 0.312. The molecule has 25 heavy (non-hydrogen) atoms. The molecular weight excluding hydrogens is 362 g/mol. The van der Waals surface area contributed by atoms with Crippen LogP contribution in [0.4, 0.5) is 5.69 Å². The van der Waals surface area contributed by atoms with Crippen LogP contribution in [0.3, 0.4) is 0 Å². The van der Waals surface area contributed by atoms with Crippen LogP contribution < -0.4 is 10.6 Å². The lowest BCUT2D eigenvalue weighted by Crippen LogP contribution is -2.45. The highest BCUT2D eigenvalue weighted by Crippen LogP contribution is 2.43. The molecule has 2 aromatic rings. The molecule has 0 bridgehead atoms. The maximum Gasteiger partial charge on any atom is 0.215 e. The highest BCUT2D eigenvalue weighted by molar-refractivity contribution is 7.99. The largest absolute Gasteiger partial charge is 0.504 e. The van der Waals surface area contributed by atoms with Crippen LogP contribution in [0.15, 0.2) is 37.5 Å². The number of rotatable bonds is 7. The Balaban J connectivity index is 1.73. The summed E-state index contributed by atoms with van der Waals surface area (Å²) in [6.45, 7) is 2.20. The van der Waals surface area contributed by atoms with Crippen molar-refractivity contribution in [2.24, 2.45) is 0 Å². The minimum absolute atomic E-state index is 0.0893. The number of anilines is 1. The zero-order chi connectivity index (χ0) is 18.1. The Morgan fingerprint density at radius 3 is 2.80 bits per heavy atom. The Morgan fingerprint density at radius 1 is 1.40 bits per heavy atom. The zero-order valence-electron chi connectivity index (χ0n) is 14.0. The van der Waals surface area contributed by atoms with Crippen molar-refractivity contribution in [1.82, 2.24) is 9.62 Å². The van der Waals surface area contributed by atoms with Crippen molar-refractivity contribution in [3.63, 3.8) is 0 Å². The molecule has 0 saturated carbocycles. The molecule has 134 valence electrons. The maximum atomic E-state index is 12.0. The molecule has 1 unspecified atom stereocenters. The van der Waals surface area contributed by atoms with Crippen LogP contribution >= 0.6 is 23.3 Å². The number of Topliss-reactive ketones (excluding diaryl/α,β-unsaturated/α-hetero) is 1. The van der Waals surface area contributed by atoms with E-state index in [4.69, 9.17) is 4.42 Å². The molecule has 4 N–H and O–H groups in total. The molecule has 0 fully saturated rings. The van der Waals surface area contributed by atoms with Gasteiger partial charge >= 0.3 is 0 Å².